The van der Waals surface area contributed by atoms with E-state index in [4.69, 9.17) is 9.47 Å². The van der Waals surface area contributed by atoms with Gasteiger partial charge in [0.15, 0.2) is 0 Å². The predicted molar refractivity (Wildman–Crippen MR) is 128 cm³/mol. The predicted octanol–water partition coefficient (Wildman–Crippen LogP) is 4.30. The zero-order chi connectivity index (χ0) is 22.4. The molecule has 1 atom stereocenters. The molecule has 2 aliphatic heterocycles. The molecule has 1 amide bonds. The van der Waals surface area contributed by atoms with Gasteiger partial charge in [-0.2, -0.15) is 0 Å². The van der Waals surface area contributed by atoms with Crippen molar-refractivity contribution in [2.24, 2.45) is 5.41 Å². The lowest BCUT2D eigenvalue weighted by Gasteiger charge is -2.36. The first kappa shape index (κ1) is 22.8. The third-order valence-electron chi connectivity index (χ3n) is 7.25. The highest BCUT2D eigenvalue weighted by atomic mass is 16.5. The van der Waals surface area contributed by atoms with E-state index in [1.807, 2.05) is 18.2 Å². The summed E-state index contributed by atoms with van der Waals surface area (Å²) in [5.41, 5.74) is 2.97. The molecule has 2 heterocycles. The average Bonchev–Trinajstić information content (AvgIpc) is 3.24. The van der Waals surface area contributed by atoms with Crippen LogP contribution in [0.25, 0.3) is 11.1 Å². The number of hydrogen-bond acceptors (Lipinski definition) is 4. The first-order valence-corrected chi connectivity index (χ1v) is 11.9. The fourth-order valence-corrected chi connectivity index (χ4v) is 5.25. The first-order valence-electron chi connectivity index (χ1n) is 11.9. The van der Waals surface area contributed by atoms with Gasteiger partial charge in [-0.3, -0.25) is 4.79 Å². The van der Waals surface area contributed by atoms with Gasteiger partial charge < -0.3 is 19.7 Å². The Morgan fingerprint density at radius 1 is 1.19 bits per heavy atom. The number of likely N-dealkylation sites (tertiary alicyclic amines) is 1. The van der Waals surface area contributed by atoms with Crippen LogP contribution < -0.4 is 10.1 Å². The standard InChI is InChI=1S/C27H36N2O3/c1-29-16-6-9-23(29)12-15-28-26(30)27(13-17-32-18-14-27)20-21-7-5-8-22(19-21)24-10-3-4-11-25(24)31-2/h3-5,7-8,10-11,19,23H,6,9,12-18,20H2,1-2H3,(H,28,30)/t23-/m0/s1. The summed E-state index contributed by atoms with van der Waals surface area (Å²) in [6.45, 7) is 3.20. The van der Waals surface area contributed by atoms with Crippen LogP contribution in [0.2, 0.25) is 0 Å². The number of nitrogens with one attached hydrogen (secondary N) is 1. The molecule has 4 rings (SSSR count). The van der Waals surface area contributed by atoms with Gasteiger partial charge in [0.2, 0.25) is 5.91 Å². The van der Waals surface area contributed by atoms with Gasteiger partial charge in [0, 0.05) is 31.4 Å². The molecular formula is C27H36N2O3. The van der Waals surface area contributed by atoms with Crippen molar-refractivity contribution >= 4 is 5.91 Å². The van der Waals surface area contributed by atoms with E-state index in [1.165, 1.54) is 24.9 Å². The molecule has 2 aliphatic rings. The summed E-state index contributed by atoms with van der Waals surface area (Å²) in [5.74, 6) is 1.05. The Labute approximate surface area is 192 Å². The van der Waals surface area contributed by atoms with E-state index in [2.05, 4.69) is 47.6 Å². The summed E-state index contributed by atoms with van der Waals surface area (Å²) >= 11 is 0. The minimum absolute atomic E-state index is 0.184. The highest BCUT2D eigenvalue weighted by Crippen LogP contribution is 2.37. The molecule has 0 spiro atoms. The van der Waals surface area contributed by atoms with Gasteiger partial charge in [-0.1, -0.05) is 42.5 Å². The number of hydrogen-bond donors (Lipinski definition) is 1. The minimum Gasteiger partial charge on any atom is -0.496 e. The molecule has 2 aromatic carbocycles. The van der Waals surface area contributed by atoms with Crippen LogP contribution in [-0.2, 0) is 16.0 Å². The summed E-state index contributed by atoms with van der Waals surface area (Å²) in [6, 6.07) is 17.2. The average molecular weight is 437 g/mol. The number of amides is 1. The molecule has 0 aliphatic carbocycles. The van der Waals surface area contributed by atoms with Gasteiger partial charge in [-0.05, 0) is 69.3 Å². The van der Waals surface area contributed by atoms with Crippen LogP contribution in [0.15, 0.2) is 48.5 Å². The van der Waals surface area contributed by atoms with E-state index in [0.717, 1.165) is 49.1 Å². The Balaban J connectivity index is 1.48. The van der Waals surface area contributed by atoms with Crippen LogP contribution in [0.4, 0.5) is 0 Å². The second-order valence-electron chi connectivity index (χ2n) is 9.29. The molecule has 0 bridgehead atoms. The van der Waals surface area contributed by atoms with Gasteiger partial charge in [0.1, 0.15) is 5.75 Å². The molecule has 5 heteroatoms. The number of para-hydroxylation sites is 1. The maximum absolute atomic E-state index is 13.4. The maximum atomic E-state index is 13.4. The zero-order valence-corrected chi connectivity index (χ0v) is 19.4. The summed E-state index contributed by atoms with van der Waals surface area (Å²) < 4.78 is 11.2. The van der Waals surface area contributed by atoms with Crippen molar-refractivity contribution in [3.05, 3.63) is 54.1 Å². The molecule has 2 aromatic rings. The van der Waals surface area contributed by atoms with E-state index in [1.54, 1.807) is 7.11 Å². The third kappa shape index (κ3) is 5.16. The van der Waals surface area contributed by atoms with Gasteiger partial charge >= 0.3 is 0 Å². The lowest BCUT2D eigenvalue weighted by atomic mass is 9.74. The van der Waals surface area contributed by atoms with E-state index < -0.39 is 5.41 Å². The topological polar surface area (TPSA) is 50.8 Å². The molecule has 2 saturated heterocycles. The molecular weight excluding hydrogens is 400 g/mol. The highest BCUT2D eigenvalue weighted by Gasteiger charge is 2.40. The molecule has 0 unspecified atom stereocenters. The van der Waals surface area contributed by atoms with Crippen molar-refractivity contribution in [1.82, 2.24) is 10.2 Å². The molecule has 172 valence electrons. The van der Waals surface area contributed by atoms with Crippen LogP contribution >= 0.6 is 0 Å². The normalized spacial score (nSPS) is 20.8. The second-order valence-corrected chi connectivity index (χ2v) is 9.29. The van der Waals surface area contributed by atoms with Crippen molar-refractivity contribution < 1.29 is 14.3 Å². The molecule has 0 radical (unpaired) electrons. The number of nitrogens with zero attached hydrogens (tertiary/aromatic N) is 1. The van der Waals surface area contributed by atoms with Crippen LogP contribution in [0.3, 0.4) is 0 Å². The molecule has 32 heavy (non-hydrogen) atoms. The van der Waals surface area contributed by atoms with Crippen molar-refractivity contribution in [2.45, 2.75) is 44.6 Å². The largest absolute Gasteiger partial charge is 0.496 e. The fourth-order valence-electron chi connectivity index (χ4n) is 5.25. The van der Waals surface area contributed by atoms with Crippen LogP contribution in [0, 0.1) is 5.41 Å². The summed E-state index contributed by atoms with van der Waals surface area (Å²) in [5, 5.41) is 3.28. The number of ether oxygens (including phenoxy) is 2. The quantitative estimate of drug-likeness (QED) is 0.670. The lowest BCUT2D eigenvalue weighted by molar-refractivity contribution is -0.136. The Kier molecular flexibility index (Phi) is 7.48. The van der Waals surface area contributed by atoms with E-state index >= 15 is 0 Å². The van der Waals surface area contributed by atoms with Crippen molar-refractivity contribution in [3.8, 4) is 16.9 Å². The number of methoxy groups -OCH3 is 1. The third-order valence-corrected chi connectivity index (χ3v) is 7.25. The maximum Gasteiger partial charge on any atom is 0.226 e. The van der Waals surface area contributed by atoms with Gasteiger partial charge in [0.25, 0.3) is 0 Å². The number of rotatable bonds is 8. The van der Waals surface area contributed by atoms with Crippen LogP contribution in [-0.4, -0.2) is 57.3 Å². The van der Waals surface area contributed by atoms with Gasteiger partial charge in [-0.25, -0.2) is 0 Å². The lowest BCUT2D eigenvalue weighted by Crippen LogP contribution is -2.47. The Bertz CT molecular complexity index is 907. The van der Waals surface area contributed by atoms with E-state index in [0.29, 0.717) is 19.3 Å². The second kappa shape index (κ2) is 10.5. The smallest absolute Gasteiger partial charge is 0.226 e. The number of carbonyl (C=O) groups excluding carboxylic acids is 1. The van der Waals surface area contributed by atoms with E-state index in [9.17, 15) is 4.79 Å². The monoisotopic (exact) mass is 436 g/mol. The van der Waals surface area contributed by atoms with Crippen LogP contribution in [0.1, 0.15) is 37.7 Å². The summed E-state index contributed by atoms with van der Waals surface area (Å²) in [6.07, 6.45) is 5.79. The number of benzene rings is 2. The Morgan fingerprint density at radius 2 is 2.00 bits per heavy atom. The summed E-state index contributed by atoms with van der Waals surface area (Å²) in [4.78, 5) is 15.9. The fraction of sp³-hybridized carbons (Fsp3) is 0.519. The zero-order valence-electron chi connectivity index (χ0n) is 19.4. The first-order chi connectivity index (χ1) is 15.6. The Hall–Kier alpha value is -2.37. The van der Waals surface area contributed by atoms with Crippen molar-refractivity contribution in [1.29, 1.82) is 0 Å². The summed E-state index contributed by atoms with van der Waals surface area (Å²) in [7, 11) is 3.89. The molecule has 5 nitrogen and oxygen atoms in total. The van der Waals surface area contributed by atoms with E-state index in [-0.39, 0.29) is 5.91 Å². The number of carbonyl (C=O) groups is 1. The SMILES string of the molecule is COc1ccccc1-c1cccc(CC2(C(=O)NCC[C@@H]3CCCN3C)CCOCC2)c1. The molecule has 0 saturated carbocycles. The van der Waals surface area contributed by atoms with Crippen molar-refractivity contribution in [3.63, 3.8) is 0 Å². The Morgan fingerprint density at radius 3 is 2.75 bits per heavy atom. The van der Waals surface area contributed by atoms with Crippen LogP contribution in [0.5, 0.6) is 5.75 Å². The molecule has 1 N–H and O–H groups in total. The van der Waals surface area contributed by atoms with Crippen molar-refractivity contribution in [2.75, 3.05) is 40.5 Å². The van der Waals surface area contributed by atoms with Gasteiger partial charge in [0.05, 0.1) is 12.5 Å². The molecule has 0 aromatic heterocycles. The molecule has 2 fully saturated rings. The van der Waals surface area contributed by atoms with Gasteiger partial charge in [-0.15, -0.1) is 0 Å². The highest BCUT2D eigenvalue weighted by molar-refractivity contribution is 5.83. The minimum atomic E-state index is -0.404.